The van der Waals surface area contributed by atoms with Gasteiger partial charge in [0, 0.05) is 28.4 Å². The van der Waals surface area contributed by atoms with Crippen molar-refractivity contribution < 1.29 is 9.53 Å². The molecule has 0 saturated heterocycles. The van der Waals surface area contributed by atoms with Gasteiger partial charge in [0.1, 0.15) is 10.6 Å². The van der Waals surface area contributed by atoms with Crippen LogP contribution in [0.5, 0.6) is 5.75 Å². The topological polar surface area (TPSA) is 61.2 Å². The summed E-state index contributed by atoms with van der Waals surface area (Å²) in [5, 5.41) is 5.15. The number of fused-ring (bicyclic) bond motifs is 1. The summed E-state index contributed by atoms with van der Waals surface area (Å²) >= 11 is 4.34. The molecule has 0 fully saturated rings. The number of Topliss-reactive ketones (excluding diaryl/α,β-unsaturated/α-hetero) is 1. The minimum atomic E-state index is -0.0873. The average Bonchev–Trinajstić information content (AvgIpc) is 3.40. The van der Waals surface area contributed by atoms with E-state index in [9.17, 15) is 9.59 Å². The molecule has 0 amide bonds. The van der Waals surface area contributed by atoms with Crippen molar-refractivity contribution in [2.75, 3.05) is 12.4 Å². The maximum absolute atomic E-state index is 13.0. The highest BCUT2D eigenvalue weighted by Gasteiger charge is 2.17. The van der Waals surface area contributed by atoms with Gasteiger partial charge in [0.25, 0.3) is 5.56 Å². The van der Waals surface area contributed by atoms with Crippen molar-refractivity contribution in [1.82, 2.24) is 9.55 Å². The van der Waals surface area contributed by atoms with Gasteiger partial charge in [0.15, 0.2) is 10.9 Å². The molecule has 0 saturated carbocycles. The Kier molecular flexibility index (Phi) is 5.84. The molecule has 8 heteroatoms. The van der Waals surface area contributed by atoms with Gasteiger partial charge >= 0.3 is 0 Å². The van der Waals surface area contributed by atoms with Crippen LogP contribution in [0.15, 0.2) is 57.1 Å². The first-order valence-corrected chi connectivity index (χ1v) is 11.7. The number of aromatic nitrogens is 2. The van der Waals surface area contributed by atoms with Crippen LogP contribution < -0.4 is 10.3 Å². The van der Waals surface area contributed by atoms with Gasteiger partial charge in [-0.25, -0.2) is 4.98 Å². The summed E-state index contributed by atoms with van der Waals surface area (Å²) in [6, 6.07) is 11.1. The molecular formula is C21H18N2O3S3. The lowest BCUT2D eigenvalue weighted by atomic mass is 10.1. The van der Waals surface area contributed by atoms with Gasteiger partial charge in [0.2, 0.25) is 0 Å². The van der Waals surface area contributed by atoms with Crippen LogP contribution in [0.25, 0.3) is 20.7 Å². The van der Waals surface area contributed by atoms with Crippen LogP contribution in [0.4, 0.5) is 0 Å². The minimum absolute atomic E-state index is 0.0159. The van der Waals surface area contributed by atoms with Crippen molar-refractivity contribution in [2.24, 2.45) is 7.05 Å². The van der Waals surface area contributed by atoms with Crippen molar-refractivity contribution in [3.05, 3.63) is 63.1 Å². The van der Waals surface area contributed by atoms with E-state index >= 15 is 0 Å². The van der Waals surface area contributed by atoms with Crippen molar-refractivity contribution in [2.45, 2.75) is 12.1 Å². The number of hydrogen-bond acceptors (Lipinski definition) is 7. The molecule has 4 aromatic rings. The summed E-state index contributed by atoms with van der Waals surface area (Å²) in [6.45, 7) is 2.50. The molecule has 0 unspecified atom stereocenters. The molecule has 0 radical (unpaired) electrons. The van der Waals surface area contributed by atoms with Crippen LogP contribution in [-0.2, 0) is 7.05 Å². The lowest BCUT2D eigenvalue weighted by molar-refractivity contribution is 0.102. The SMILES string of the molecule is CCOc1ccc(C(=O)CSc2nc3scc(-c4cccs4)c3c(=O)n2C)cc1. The van der Waals surface area contributed by atoms with Gasteiger partial charge in [-0.15, -0.1) is 22.7 Å². The first-order chi connectivity index (χ1) is 14.1. The van der Waals surface area contributed by atoms with E-state index in [1.54, 1.807) is 42.6 Å². The number of nitrogens with zero attached hydrogens (tertiary/aromatic N) is 2. The molecule has 4 rings (SSSR count). The van der Waals surface area contributed by atoms with E-state index in [4.69, 9.17) is 4.74 Å². The van der Waals surface area contributed by atoms with E-state index in [1.165, 1.54) is 27.7 Å². The van der Waals surface area contributed by atoms with Crippen molar-refractivity contribution in [1.29, 1.82) is 0 Å². The molecule has 1 aromatic carbocycles. The van der Waals surface area contributed by atoms with E-state index in [0.29, 0.717) is 27.5 Å². The summed E-state index contributed by atoms with van der Waals surface area (Å²) in [4.78, 5) is 31.9. The second-order valence-electron chi connectivity index (χ2n) is 6.23. The zero-order valence-electron chi connectivity index (χ0n) is 15.9. The average molecular weight is 443 g/mol. The largest absolute Gasteiger partial charge is 0.494 e. The zero-order valence-corrected chi connectivity index (χ0v) is 18.3. The molecule has 0 aliphatic heterocycles. The fraction of sp³-hybridized carbons (Fsp3) is 0.190. The monoisotopic (exact) mass is 442 g/mol. The minimum Gasteiger partial charge on any atom is -0.494 e. The van der Waals surface area contributed by atoms with Crippen molar-refractivity contribution in [3.8, 4) is 16.2 Å². The zero-order chi connectivity index (χ0) is 20.4. The van der Waals surface area contributed by atoms with E-state index < -0.39 is 0 Å². The number of thioether (sulfide) groups is 1. The Bertz CT molecular complexity index is 1210. The molecule has 29 heavy (non-hydrogen) atoms. The lowest BCUT2D eigenvalue weighted by Crippen LogP contribution is -2.20. The van der Waals surface area contributed by atoms with Gasteiger partial charge in [-0.3, -0.25) is 14.2 Å². The van der Waals surface area contributed by atoms with E-state index in [-0.39, 0.29) is 17.1 Å². The second-order valence-corrected chi connectivity index (χ2v) is 8.98. The van der Waals surface area contributed by atoms with Crippen LogP contribution in [-0.4, -0.2) is 27.7 Å². The number of carbonyl (C=O) groups is 1. The third kappa shape index (κ3) is 4.01. The summed E-state index contributed by atoms with van der Waals surface area (Å²) in [5.41, 5.74) is 1.45. The van der Waals surface area contributed by atoms with Crippen LogP contribution in [0.2, 0.25) is 0 Å². The molecule has 0 bridgehead atoms. The number of rotatable bonds is 7. The van der Waals surface area contributed by atoms with Gasteiger partial charge < -0.3 is 4.74 Å². The fourth-order valence-corrected chi connectivity index (χ4v) is 5.58. The lowest BCUT2D eigenvalue weighted by Gasteiger charge is -2.08. The molecule has 3 heterocycles. The highest BCUT2D eigenvalue weighted by atomic mass is 32.2. The Morgan fingerprint density at radius 2 is 2.00 bits per heavy atom. The number of carbonyl (C=O) groups excluding carboxylic acids is 1. The number of hydrogen-bond donors (Lipinski definition) is 0. The van der Waals surface area contributed by atoms with Crippen LogP contribution in [0, 0.1) is 0 Å². The molecule has 0 aliphatic rings. The normalized spacial score (nSPS) is 11.1. The molecule has 148 valence electrons. The standard InChI is InChI=1S/C21H18N2O3S3/c1-3-26-14-8-6-13(7-9-14)16(24)12-29-21-22-19-18(20(25)23(21)2)15(11-28-19)17-5-4-10-27-17/h4-11H,3,12H2,1-2H3. The van der Waals surface area contributed by atoms with Gasteiger partial charge in [-0.1, -0.05) is 17.8 Å². The Hall–Kier alpha value is -2.42. The van der Waals surface area contributed by atoms with E-state index in [1.807, 2.05) is 29.8 Å². The summed E-state index contributed by atoms with van der Waals surface area (Å²) in [7, 11) is 1.70. The molecule has 0 aliphatic carbocycles. The highest BCUT2D eigenvalue weighted by molar-refractivity contribution is 7.99. The number of ether oxygens (including phenoxy) is 1. The molecule has 0 N–H and O–H groups in total. The predicted molar refractivity (Wildman–Crippen MR) is 121 cm³/mol. The van der Waals surface area contributed by atoms with Gasteiger partial charge in [0.05, 0.1) is 17.7 Å². The Morgan fingerprint density at radius 3 is 2.69 bits per heavy atom. The fourth-order valence-electron chi connectivity index (χ4n) is 2.91. The number of benzene rings is 1. The Morgan fingerprint density at radius 1 is 1.21 bits per heavy atom. The first-order valence-electron chi connectivity index (χ1n) is 8.99. The van der Waals surface area contributed by atoms with Crippen LogP contribution in [0.3, 0.4) is 0 Å². The van der Waals surface area contributed by atoms with Gasteiger partial charge in [-0.05, 0) is 42.6 Å². The Balaban J connectivity index is 1.56. The van der Waals surface area contributed by atoms with Gasteiger partial charge in [-0.2, -0.15) is 0 Å². The summed E-state index contributed by atoms with van der Waals surface area (Å²) < 4.78 is 6.94. The summed E-state index contributed by atoms with van der Waals surface area (Å²) in [5.74, 6) is 0.937. The Labute approximate surface area is 180 Å². The van der Waals surface area contributed by atoms with E-state index in [2.05, 4.69) is 4.98 Å². The van der Waals surface area contributed by atoms with Crippen LogP contribution in [0.1, 0.15) is 17.3 Å². The molecular weight excluding hydrogens is 424 g/mol. The highest BCUT2D eigenvalue weighted by Crippen LogP contribution is 2.34. The van der Waals surface area contributed by atoms with Crippen molar-refractivity contribution >= 4 is 50.4 Å². The smallest absolute Gasteiger partial charge is 0.263 e. The molecule has 3 aromatic heterocycles. The van der Waals surface area contributed by atoms with Crippen molar-refractivity contribution in [3.63, 3.8) is 0 Å². The summed E-state index contributed by atoms with van der Waals surface area (Å²) in [6.07, 6.45) is 0. The second kappa shape index (κ2) is 8.52. The predicted octanol–water partition coefficient (Wildman–Crippen LogP) is 5.10. The first kappa shape index (κ1) is 19.9. The third-order valence-electron chi connectivity index (χ3n) is 4.38. The quantitative estimate of drug-likeness (QED) is 0.226. The number of ketones is 1. The maximum atomic E-state index is 13.0. The third-order valence-corrected chi connectivity index (χ3v) is 7.19. The molecule has 5 nitrogen and oxygen atoms in total. The van der Waals surface area contributed by atoms with Crippen LogP contribution >= 0.6 is 34.4 Å². The molecule has 0 spiro atoms. The van der Waals surface area contributed by atoms with E-state index in [0.717, 1.165) is 16.2 Å². The molecule has 0 atom stereocenters. The number of thiophene rings is 2. The maximum Gasteiger partial charge on any atom is 0.263 e.